The predicted molar refractivity (Wildman–Crippen MR) is 108 cm³/mol. The highest BCUT2D eigenvalue weighted by Crippen LogP contribution is 2.32. The van der Waals surface area contributed by atoms with Gasteiger partial charge in [0.05, 0.1) is 18.4 Å². The van der Waals surface area contributed by atoms with E-state index in [1.54, 1.807) is 0 Å². The van der Waals surface area contributed by atoms with Crippen LogP contribution >= 0.6 is 23.2 Å². The lowest BCUT2D eigenvalue weighted by Crippen LogP contribution is -2.24. The second kappa shape index (κ2) is 8.44. The zero-order valence-corrected chi connectivity index (χ0v) is 16.9. The Bertz CT molecular complexity index is 1320. The van der Waals surface area contributed by atoms with Gasteiger partial charge in [-0.2, -0.15) is 9.78 Å². The number of pyridine rings is 1. The van der Waals surface area contributed by atoms with E-state index >= 15 is 0 Å². The first-order chi connectivity index (χ1) is 14.8. The maximum absolute atomic E-state index is 14.6. The van der Waals surface area contributed by atoms with Crippen molar-refractivity contribution >= 4 is 23.2 Å². The number of halogens is 5. The lowest BCUT2D eigenvalue weighted by Gasteiger charge is -2.09. The van der Waals surface area contributed by atoms with Crippen LogP contribution in [0.5, 0.6) is 11.5 Å². The van der Waals surface area contributed by atoms with Crippen molar-refractivity contribution in [1.82, 2.24) is 19.3 Å². The largest absolute Gasteiger partial charge is 0.453 e. The summed E-state index contributed by atoms with van der Waals surface area (Å²) in [5.41, 5.74) is -0.909. The van der Waals surface area contributed by atoms with Crippen molar-refractivity contribution in [2.24, 2.45) is 0 Å². The third-order valence-corrected chi connectivity index (χ3v) is 4.78. The second-order valence-corrected chi connectivity index (χ2v) is 7.10. The van der Waals surface area contributed by atoms with Crippen LogP contribution in [0, 0.1) is 17.5 Å². The van der Waals surface area contributed by atoms with Crippen molar-refractivity contribution in [1.29, 1.82) is 0 Å². The standard InChI is InChI=1S/C20H11Cl2F3N4O2/c21-13-8-26-19(22)7-18(13)31-17-5-4-11(6-16(17)25)29-20(30)28(10-27-29)9-12-14(23)2-1-3-15(12)24/h1-8,10H,9H2. The monoisotopic (exact) mass is 466 g/mol. The highest BCUT2D eigenvalue weighted by molar-refractivity contribution is 6.33. The number of nitrogens with zero attached hydrogens (tertiary/aromatic N) is 4. The lowest BCUT2D eigenvalue weighted by atomic mass is 10.2. The minimum atomic E-state index is -0.803. The van der Waals surface area contributed by atoms with Crippen molar-refractivity contribution < 1.29 is 17.9 Å². The molecule has 0 bridgehead atoms. The Morgan fingerprint density at radius 1 is 0.968 bits per heavy atom. The SMILES string of the molecule is O=c1n(Cc2c(F)cccc2F)cnn1-c1ccc(Oc2cc(Cl)ncc2Cl)c(F)c1. The molecule has 6 nitrogen and oxygen atoms in total. The van der Waals surface area contributed by atoms with Crippen LogP contribution in [-0.4, -0.2) is 19.3 Å². The maximum Gasteiger partial charge on any atom is 0.350 e. The summed E-state index contributed by atoms with van der Waals surface area (Å²) in [5.74, 6) is -2.46. The molecule has 0 unspecified atom stereocenters. The van der Waals surface area contributed by atoms with Crippen LogP contribution in [0.15, 0.2) is 59.8 Å². The topological polar surface area (TPSA) is 61.9 Å². The Balaban J connectivity index is 1.62. The lowest BCUT2D eigenvalue weighted by molar-refractivity contribution is 0.441. The van der Waals surface area contributed by atoms with Gasteiger partial charge in [-0.15, -0.1) is 0 Å². The summed E-state index contributed by atoms with van der Waals surface area (Å²) in [6.07, 6.45) is 2.37. The van der Waals surface area contributed by atoms with Crippen LogP contribution in [0.1, 0.15) is 5.56 Å². The maximum atomic E-state index is 14.6. The molecule has 0 aliphatic heterocycles. The van der Waals surface area contributed by atoms with Crippen molar-refractivity contribution in [3.05, 3.63) is 98.7 Å². The first-order valence-corrected chi connectivity index (χ1v) is 9.45. The summed E-state index contributed by atoms with van der Waals surface area (Å²) in [6.45, 7) is -0.373. The molecular formula is C20H11Cl2F3N4O2. The van der Waals surface area contributed by atoms with Gasteiger partial charge in [-0.05, 0) is 24.3 Å². The number of hydrogen-bond acceptors (Lipinski definition) is 4. The summed E-state index contributed by atoms with van der Waals surface area (Å²) >= 11 is 11.7. The molecule has 0 radical (unpaired) electrons. The molecule has 2 aromatic heterocycles. The molecule has 158 valence electrons. The van der Waals surface area contributed by atoms with E-state index in [0.717, 1.165) is 33.8 Å². The molecule has 0 spiro atoms. The van der Waals surface area contributed by atoms with E-state index in [2.05, 4.69) is 10.1 Å². The first kappa shape index (κ1) is 21.0. The normalized spacial score (nSPS) is 11.0. The molecule has 0 saturated heterocycles. The Kier molecular flexibility index (Phi) is 5.71. The molecule has 0 atom stereocenters. The number of rotatable bonds is 5. The van der Waals surface area contributed by atoms with Crippen LogP contribution in [-0.2, 0) is 6.54 Å². The molecule has 4 aromatic rings. The first-order valence-electron chi connectivity index (χ1n) is 8.69. The molecule has 31 heavy (non-hydrogen) atoms. The molecular weight excluding hydrogens is 456 g/mol. The molecule has 0 aliphatic carbocycles. The van der Waals surface area contributed by atoms with Gasteiger partial charge in [-0.25, -0.2) is 22.9 Å². The van der Waals surface area contributed by atoms with Crippen molar-refractivity contribution in [3.8, 4) is 17.2 Å². The highest BCUT2D eigenvalue weighted by Gasteiger charge is 2.15. The molecule has 0 fully saturated rings. The molecule has 2 heterocycles. The summed E-state index contributed by atoms with van der Waals surface area (Å²) in [4.78, 5) is 16.4. The van der Waals surface area contributed by atoms with E-state index < -0.39 is 23.1 Å². The molecule has 11 heteroatoms. The number of ether oxygens (including phenoxy) is 1. The van der Waals surface area contributed by atoms with E-state index in [0.29, 0.717) is 0 Å². The van der Waals surface area contributed by atoms with Crippen LogP contribution in [0.3, 0.4) is 0 Å². The Morgan fingerprint density at radius 2 is 1.71 bits per heavy atom. The smallest absolute Gasteiger partial charge is 0.350 e. The zero-order chi connectivity index (χ0) is 22.1. The fourth-order valence-electron chi connectivity index (χ4n) is 2.77. The van der Waals surface area contributed by atoms with E-state index in [1.165, 1.54) is 30.5 Å². The van der Waals surface area contributed by atoms with Crippen molar-refractivity contribution in [2.75, 3.05) is 0 Å². The van der Waals surface area contributed by atoms with Crippen LogP contribution in [0.2, 0.25) is 10.2 Å². The molecule has 4 rings (SSSR count). The van der Waals surface area contributed by atoms with Crippen molar-refractivity contribution in [3.63, 3.8) is 0 Å². The Morgan fingerprint density at radius 3 is 2.42 bits per heavy atom. The summed E-state index contributed by atoms with van der Waals surface area (Å²) in [6, 6.07) is 8.41. The summed E-state index contributed by atoms with van der Waals surface area (Å²) < 4.78 is 49.6. The highest BCUT2D eigenvalue weighted by atomic mass is 35.5. The quantitative estimate of drug-likeness (QED) is 0.388. The van der Waals surface area contributed by atoms with E-state index in [1.807, 2.05) is 0 Å². The Labute approximate surface area is 183 Å². The molecule has 0 aliphatic rings. The van der Waals surface area contributed by atoms with Gasteiger partial charge >= 0.3 is 5.69 Å². The van der Waals surface area contributed by atoms with Gasteiger partial charge in [-0.3, -0.25) is 4.57 Å². The van der Waals surface area contributed by atoms with Gasteiger partial charge in [0.15, 0.2) is 17.3 Å². The fourth-order valence-corrected chi connectivity index (χ4v) is 3.06. The van der Waals surface area contributed by atoms with E-state index in [9.17, 15) is 18.0 Å². The van der Waals surface area contributed by atoms with Crippen LogP contribution in [0.25, 0.3) is 5.69 Å². The van der Waals surface area contributed by atoms with Gasteiger partial charge in [0, 0.05) is 17.7 Å². The molecule has 0 N–H and O–H groups in total. The Hall–Kier alpha value is -3.30. The number of benzene rings is 2. The molecule has 0 saturated carbocycles. The van der Waals surface area contributed by atoms with Gasteiger partial charge in [-0.1, -0.05) is 29.3 Å². The van der Waals surface area contributed by atoms with Gasteiger partial charge in [0.25, 0.3) is 0 Å². The van der Waals surface area contributed by atoms with E-state index in [-0.39, 0.29) is 39.5 Å². The van der Waals surface area contributed by atoms with Gasteiger partial charge in [0.1, 0.15) is 28.1 Å². The van der Waals surface area contributed by atoms with Gasteiger partial charge < -0.3 is 4.74 Å². The third kappa shape index (κ3) is 4.28. The summed E-state index contributed by atoms with van der Waals surface area (Å²) in [7, 11) is 0. The number of hydrogen-bond donors (Lipinski definition) is 0. The van der Waals surface area contributed by atoms with Crippen LogP contribution < -0.4 is 10.4 Å². The average Bonchev–Trinajstić information content (AvgIpc) is 3.09. The fraction of sp³-hybridized carbons (Fsp3) is 0.0500. The average molecular weight is 467 g/mol. The molecule has 0 amide bonds. The van der Waals surface area contributed by atoms with Crippen LogP contribution in [0.4, 0.5) is 13.2 Å². The minimum absolute atomic E-state index is 0.0847. The van der Waals surface area contributed by atoms with Gasteiger partial charge in [0.2, 0.25) is 0 Å². The molecule has 2 aromatic carbocycles. The predicted octanol–water partition coefficient (Wildman–Crippen LogP) is 4.99. The van der Waals surface area contributed by atoms with E-state index in [4.69, 9.17) is 27.9 Å². The second-order valence-electron chi connectivity index (χ2n) is 6.31. The minimum Gasteiger partial charge on any atom is -0.453 e. The summed E-state index contributed by atoms with van der Waals surface area (Å²) in [5, 5.41) is 4.13. The van der Waals surface area contributed by atoms with Crippen molar-refractivity contribution in [2.45, 2.75) is 6.54 Å². The zero-order valence-electron chi connectivity index (χ0n) is 15.4. The third-order valence-electron chi connectivity index (χ3n) is 4.29. The number of aromatic nitrogens is 4.